The summed E-state index contributed by atoms with van der Waals surface area (Å²) in [4.78, 5) is 4.34. The van der Waals surface area contributed by atoms with Crippen molar-refractivity contribution in [1.29, 1.82) is 0 Å². The van der Waals surface area contributed by atoms with Gasteiger partial charge in [-0.3, -0.25) is 4.98 Å². The van der Waals surface area contributed by atoms with E-state index in [9.17, 15) is 0 Å². The Bertz CT molecular complexity index is 362. The van der Waals surface area contributed by atoms with Gasteiger partial charge in [-0.1, -0.05) is 6.07 Å². The first-order valence-electron chi connectivity index (χ1n) is 5.99. The Morgan fingerprint density at radius 3 is 2.88 bits per heavy atom. The van der Waals surface area contributed by atoms with Crippen molar-refractivity contribution in [2.24, 2.45) is 0 Å². The lowest BCUT2D eigenvalue weighted by Gasteiger charge is -2.17. The Morgan fingerprint density at radius 1 is 1.47 bits per heavy atom. The molecule has 0 saturated carbocycles. The zero-order valence-corrected chi connectivity index (χ0v) is 10.7. The van der Waals surface area contributed by atoms with E-state index >= 15 is 0 Å². The molecule has 1 aliphatic heterocycles. The minimum atomic E-state index is -0.436. The van der Waals surface area contributed by atoms with Crippen molar-refractivity contribution in [2.45, 2.75) is 39.2 Å². The van der Waals surface area contributed by atoms with Crippen LogP contribution in [0, 0.1) is 6.92 Å². The van der Waals surface area contributed by atoms with Gasteiger partial charge in [0.2, 0.25) is 0 Å². The predicted octanol–water partition coefficient (Wildman–Crippen LogP) is 1.63. The molecule has 1 aromatic rings. The Morgan fingerprint density at radius 2 is 2.29 bits per heavy atom. The summed E-state index contributed by atoms with van der Waals surface area (Å²) >= 11 is 0. The highest BCUT2D eigenvalue weighted by atomic mass is 16.7. The number of nitrogens with one attached hydrogen (secondary N) is 1. The number of ether oxygens (including phenoxy) is 2. The third-order valence-electron chi connectivity index (χ3n) is 2.72. The maximum absolute atomic E-state index is 5.70. The van der Waals surface area contributed by atoms with Crippen LogP contribution in [-0.4, -0.2) is 30.0 Å². The standard InChI is InChI=1S/C13H20N2O2/c1-10-4-5-11(15-6-10)7-14-8-12-9-16-13(2,3)17-12/h4-6,12,14H,7-9H2,1-3H3. The molecule has 1 aromatic heterocycles. The van der Waals surface area contributed by atoms with Crippen LogP contribution in [0.25, 0.3) is 0 Å². The van der Waals surface area contributed by atoms with Gasteiger partial charge in [-0.25, -0.2) is 0 Å². The van der Waals surface area contributed by atoms with E-state index in [2.05, 4.69) is 16.4 Å². The average Bonchev–Trinajstić information content (AvgIpc) is 2.61. The summed E-state index contributed by atoms with van der Waals surface area (Å²) in [6, 6.07) is 4.11. The summed E-state index contributed by atoms with van der Waals surface area (Å²) in [5.41, 5.74) is 2.23. The minimum Gasteiger partial charge on any atom is -0.348 e. The number of aryl methyl sites for hydroxylation is 1. The molecule has 2 rings (SSSR count). The van der Waals surface area contributed by atoms with Crippen molar-refractivity contribution in [3.05, 3.63) is 29.6 Å². The van der Waals surface area contributed by atoms with Crippen LogP contribution in [0.15, 0.2) is 18.3 Å². The minimum absolute atomic E-state index is 0.135. The van der Waals surface area contributed by atoms with Crippen LogP contribution >= 0.6 is 0 Å². The van der Waals surface area contributed by atoms with Crippen molar-refractivity contribution in [2.75, 3.05) is 13.2 Å². The van der Waals surface area contributed by atoms with E-state index in [1.54, 1.807) is 0 Å². The van der Waals surface area contributed by atoms with Crippen LogP contribution < -0.4 is 5.32 Å². The number of nitrogens with zero attached hydrogens (tertiary/aromatic N) is 1. The van der Waals surface area contributed by atoms with Crippen molar-refractivity contribution < 1.29 is 9.47 Å². The molecule has 1 fully saturated rings. The quantitative estimate of drug-likeness (QED) is 0.863. The van der Waals surface area contributed by atoms with Gasteiger partial charge in [0.15, 0.2) is 5.79 Å². The SMILES string of the molecule is Cc1ccc(CNCC2COC(C)(C)O2)nc1. The lowest BCUT2D eigenvalue weighted by molar-refractivity contribution is -0.137. The largest absolute Gasteiger partial charge is 0.348 e. The van der Waals surface area contributed by atoms with E-state index in [0.717, 1.165) is 18.8 Å². The lowest BCUT2D eigenvalue weighted by Crippen LogP contribution is -2.30. The van der Waals surface area contributed by atoms with Gasteiger partial charge in [-0.15, -0.1) is 0 Å². The molecule has 0 spiro atoms. The van der Waals surface area contributed by atoms with E-state index in [-0.39, 0.29) is 6.10 Å². The molecule has 0 radical (unpaired) electrons. The number of pyridine rings is 1. The van der Waals surface area contributed by atoms with Crippen LogP contribution in [0.2, 0.25) is 0 Å². The fourth-order valence-corrected chi connectivity index (χ4v) is 1.83. The molecule has 1 saturated heterocycles. The molecule has 4 heteroatoms. The summed E-state index contributed by atoms with van der Waals surface area (Å²) < 4.78 is 11.2. The molecule has 2 heterocycles. The highest BCUT2D eigenvalue weighted by Crippen LogP contribution is 2.21. The molecule has 0 bridgehead atoms. The van der Waals surface area contributed by atoms with Crippen LogP contribution in [0.3, 0.4) is 0 Å². The second-order valence-electron chi connectivity index (χ2n) is 4.91. The van der Waals surface area contributed by atoms with Crippen LogP contribution in [0.5, 0.6) is 0 Å². The molecule has 17 heavy (non-hydrogen) atoms. The number of aromatic nitrogens is 1. The smallest absolute Gasteiger partial charge is 0.163 e. The fourth-order valence-electron chi connectivity index (χ4n) is 1.83. The summed E-state index contributed by atoms with van der Waals surface area (Å²) in [6.45, 7) is 8.12. The Labute approximate surface area is 102 Å². The van der Waals surface area contributed by atoms with Gasteiger partial charge in [0, 0.05) is 19.3 Å². The van der Waals surface area contributed by atoms with Gasteiger partial charge in [0.25, 0.3) is 0 Å². The third kappa shape index (κ3) is 3.77. The van der Waals surface area contributed by atoms with Crippen molar-refractivity contribution >= 4 is 0 Å². The van der Waals surface area contributed by atoms with Gasteiger partial charge >= 0.3 is 0 Å². The first kappa shape index (κ1) is 12.5. The number of rotatable bonds is 4. The predicted molar refractivity (Wildman–Crippen MR) is 65.6 cm³/mol. The highest BCUT2D eigenvalue weighted by Gasteiger charge is 2.32. The van der Waals surface area contributed by atoms with Crippen LogP contribution in [0.4, 0.5) is 0 Å². The number of hydrogen-bond acceptors (Lipinski definition) is 4. The van der Waals surface area contributed by atoms with E-state index in [4.69, 9.17) is 9.47 Å². The third-order valence-corrected chi connectivity index (χ3v) is 2.72. The molecule has 0 aromatic carbocycles. The van der Waals surface area contributed by atoms with Gasteiger partial charge < -0.3 is 14.8 Å². The average molecular weight is 236 g/mol. The van der Waals surface area contributed by atoms with Crippen molar-refractivity contribution in [3.8, 4) is 0 Å². The van der Waals surface area contributed by atoms with Crippen molar-refractivity contribution in [1.82, 2.24) is 10.3 Å². The lowest BCUT2D eigenvalue weighted by atomic mass is 10.2. The monoisotopic (exact) mass is 236 g/mol. The molecular formula is C13H20N2O2. The molecule has 0 amide bonds. The second-order valence-corrected chi connectivity index (χ2v) is 4.91. The van der Waals surface area contributed by atoms with E-state index in [1.807, 2.05) is 33.0 Å². The molecule has 1 unspecified atom stereocenters. The summed E-state index contributed by atoms with van der Waals surface area (Å²) in [6.07, 6.45) is 2.02. The normalized spacial score (nSPS) is 22.9. The summed E-state index contributed by atoms with van der Waals surface area (Å²) in [7, 11) is 0. The maximum Gasteiger partial charge on any atom is 0.163 e. The van der Waals surface area contributed by atoms with Crippen molar-refractivity contribution in [3.63, 3.8) is 0 Å². The zero-order valence-electron chi connectivity index (χ0n) is 10.7. The zero-order chi connectivity index (χ0) is 12.3. The van der Waals surface area contributed by atoms with E-state index in [1.165, 1.54) is 5.56 Å². The Balaban J connectivity index is 1.71. The first-order chi connectivity index (χ1) is 8.05. The van der Waals surface area contributed by atoms with Crippen LogP contribution in [-0.2, 0) is 16.0 Å². The molecule has 94 valence electrons. The molecular weight excluding hydrogens is 216 g/mol. The number of hydrogen-bond donors (Lipinski definition) is 1. The van der Waals surface area contributed by atoms with E-state index < -0.39 is 5.79 Å². The van der Waals surface area contributed by atoms with Gasteiger partial charge in [-0.05, 0) is 32.4 Å². The van der Waals surface area contributed by atoms with E-state index in [0.29, 0.717) is 6.61 Å². The highest BCUT2D eigenvalue weighted by molar-refractivity contribution is 5.11. The molecule has 4 nitrogen and oxygen atoms in total. The maximum atomic E-state index is 5.70. The topological polar surface area (TPSA) is 43.4 Å². The second kappa shape index (κ2) is 5.12. The Hall–Kier alpha value is -0.970. The van der Waals surface area contributed by atoms with Gasteiger partial charge in [0.05, 0.1) is 18.4 Å². The molecule has 1 N–H and O–H groups in total. The molecule has 0 aliphatic carbocycles. The first-order valence-corrected chi connectivity index (χ1v) is 5.99. The van der Waals surface area contributed by atoms with Gasteiger partial charge in [0.1, 0.15) is 0 Å². The van der Waals surface area contributed by atoms with Crippen LogP contribution in [0.1, 0.15) is 25.1 Å². The molecule has 1 aliphatic rings. The van der Waals surface area contributed by atoms with Gasteiger partial charge in [-0.2, -0.15) is 0 Å². The molecule has 1 atom stereocenters. The fraction of sp³-hybridized carbons (Fsp3) is 0.615. The summed E-state index contributed by atoms with van der Waals surface area (Å²) in [5, 5.41) is 3.33. The summed E-state index contributed by atoms with van der Waals surface area (Å²) in [5.74, 6) is -0.436. The Kier molecular flexibility index (Phi) is 3.76.